The van der Waals surface area contributed by atoms with Crippen LogP contribution in [0.2, 0.25) is 0 Å². The van der Waals surface area contributed by atoms with Crippen LogP contribution < -0.4 is 4.74 Å². The molecule has 0 heterocycles. The Bertz CT molecular complexity index is 2420. The Morgan fingerprint density at radius 1 is 0.625 bits per heavy atom. The van der Waals surface area contributed by atoms with Crippen LogP contribution in [-0.2, 0) is 6.42 Å². The van der Waals surface area contributed by atoms with Crippen molar-refractivity contribution in [3.63, 3.8) is 0 Å². The summed E-state index contributed by atoms with van der Waals surface area (Å²) in [5, 5.41) is 53.7. The SMILES string of the molecule is C=C.CC1=CC(C#N)C(C#N)C=C1.Cc1ccc(Cc2cccc(C3C=CC(C#N)=C(C#N)C3)c2)cc1C#N.Cc1cccc(Oc2ccc(C)c(C#N)c2)c1. The molecule has 2 aliphatic carbocycles. The molecule has 0 saturated heterocycles. The molecule has 2 aliphatic rings. The third-order valence-corrected chi connectivity index (χ3v) is 8.96. The van der Waals surface area contributed by atoms with Crippen LogP contribution in [0.5, 0.6) is 11.5 Å². The first-order valence-electron chi connectivity index (χ1n) is 17.8. The van der Waals surface area contributed by atoms with E-state index in [4.69, 9.17) is 25.8 Å². The second-order valence-corrected chi connectivity index (χ2v) is 13.1. The van der Waals surface area contributed by atoms with Crippen molar-refractivity contribution < 1.29 is 4.74 Å². The molecular weight excluding hydrogens is 689 g/mol. The van der Waals surface area contributed by atoms with Crippen LogP contribution in [0, 0.1) is 101 Å². The van der Waals surface area contributed by atoms with Crippen molar-refractivity contribution in [1.29, 1.82) is 31.6 Å². The van der Waals surface area contributed by atoms with Gasteiger partial charge in [-0.2, -0.15) is 31.6 Å². The number of benzene rings is 4. The highest BCUT2D eigenvalue weighted by molar-refractivity contribution is 5.50. The summed E-state index contributed by atoms with van der Waals surface area (Å²) in [6.45, 7) is 13.8. The smallest absolute Gasteiger partial charge is 0.128 e. The lowest BCUT2D eigenvalue weighted by molar-refractivity contribution is 0.482. The van der Waals surface area contributed by atoms with Crippen LogP contribution in [-0.4, -0.2) is 0 Å². The molecule has 3 atom stereocenters. The van der Waals surface area contributed by atoms with Gasteiger partial charge in [0.15, 0.2) is 0 Å². The van der Waals surface area contributed by atoms with Crippen LogP contribution in [0.4, 0.5) is 0 Å². The summed E-state index contributed by atoms with van der Waals surface area (Å²) in [5.41, 5.74) is 9.92. The maximum absolute atomic E-state index is 9.26. The van der Waals surface area contributed by atoms with Gasteiger partial charge in [-0.3, -0.25) is 0 Å². The average molecular weight is 731 g/mol. The van der Waals surface area contributed by atoms with Crippen molar-refractivity contribution in [2.24, 2.45) is 11.8 Å². The van der Waals surface area contributed by atoms with Gasteiger partial charge >= 0.3 is 0 Å². The molecule has 7 heteroatoms. The lowest BCUT2D eigenvalue weighted by Gasteiger charge is -2.18. The molecule has 7 nitrogen and oxygen atoms in total. The molecule has 0 N–H and O–H groups in total. The van der Waals surface area contributed by atoms with Gasteiger partial charge in [0.25, 0.3) is 0 Å². The molecule has 0 fully saturated rings. The first-order valence-corrected chi connectivity index (χ1v) is 17.8. The van der Waals surface area contributed by atoms with E-state index in [0.717, 1.165) is 51.1 Å². The van der Waals surface area contributed by atoms with Gasteiger partial charge in [0, 0.05) is 11.5 Å². The highest BCUT2D eigenvalue weighted by Crippen LogP contribution is 2.32. The lowest BCUT2D eigenvalue weighted by Crippen LogP contribution is -2.09. The topological polar surface area (TPSA) is 152 Å². The van der Waals surface area contributed by atoms with E-state index < -0.39 is 0 Å². The van der Waals surface area contributed by atoms with E-state index in [1.165, 1.54) is 0 Å². The third kappa shape index (κ3) is 12.2. The number of hydrogen-bond acceptors (Lipinski definition) is 7. The fourth-order valence-electron chi connectivity index (χ4n) is 5.88. The molecule has 0 radical (unpaired) electrons. The van der Waals surface area contributed by atoms with Crippen LogP contribution in [0.3, 0.4) is 0 Å². The lowest BCUT2D eigenvalue weighted by atomic mass is 9.85. The van der Waals surface area contributed by atoms with E-state index in [2.05, 4.69) is 73.8 Å². The number of nitriles is 6. The summed E-state index contributed by atoms with van der Waals surface area (Å²) in [5.74, 6) is 1.07. The normalized spacial score (nSPS) is 16.0. The number of nitrogens with zero attached hydrogens (tertiary/aromatic N) is 6. The van der Waals surface area contributed by atoms with Crippen molar-refractivity contribution in [3.8, 4) is 47.9 Å². The molecular formula is C49H42N6O. The van der Waals surface area contributed by atoms with Crippen LogP contribution in [0.15, 0.2) is 145 Å². The van der Waals surface area contributed by atoms with Crippen molar-refractivity contribution in [1.82, 2.24) is 0 Å². The van der Waals surface area contributed by atoms with Crippen LogP contribution in [0.1, 0.15) is 63.8 Å². The summed E-state index contributed by atoms with van der Waals surface area (Å²) < 4.78 is 5.71. The molecule has 0 aromatic heterocycles. The Labute approximate surface area is 331 Å². The van der Waals surface area contributed by atoms with Crippen molar-refractivity contribution >= 4 is 0 Å². The van der Waals surface area contributed by atoms with Gasteiger partial charge in [0.2, 0.25) is 0 Å². The largest absolute Gasteiger partial charge is 0.457 e. The molecule has 0 amide bonds. The molecule has 4 aromatic carbocycles. The zero-order valence-electron chi connectivity index (χ0n) is 32.1. The maximum atomic E-state index is 9.26. The van der Waals surface area contributed by atoms with E-state index in [1.54, 1.807) is 18.2 Å². The van der Waals surface area contributed by atoms with Gasteiger partial charge in [0.1, 0.15) is 17.6 Å². The minimum absolute atomic E-state index is 0.106. The van der Waals surface area contributed by atoms with Gasteiger partial charge in [-0.1, -0.05) is 84.5 Å². The second-order valence-electron chi connectivity index (χ2n) is 13.1. The van der Waals surface area contributed by atoms with E-state index in [9.17, 15) is 10.5 Å². The van der Waals surface area contributed by atoms with Gasteiger partial charge in [-0.05, 0) is 110 Å². The number of allylic oxidation sites excluding steroid dienone is 8. The maximum Gasteiger partial charge on any atom is 0.128 e. The van der Waals surface area contributed by atoms with Crippen LogP contribution in [0.25, 0.3) is 0 Å². The van der Waals surface area contributed by atoms with E-state index >= 15 is 0 Å². The minimum Gasteiger partial charge on any atom is -0.457 e. The molecule has 3 unspecified atom stereocenters. The molecule has 6 rings (SSSR count). The summed E-state index contributed by atoms with van der Waals surface area (Å²) in [6.07, 6.45) is 10.5. The van der Waals surface area contributed by atoms with Gasteiger partial charge in [-0.25, -0.2) is 0 Å². The Balaban J connectivity index is 0.000000240. The molecule has 56 heavy (non-hydrogen) atoms. The standard InChI is InChI=1S/C23H17N3.C15H13NO.C9H8N2.C2H4/c1-16-5-6-18(11-22(16)14-25)9-17-3-2-4-19(10-17)20-7-8-21(13-24)23(12-20)15-26;1-11-4-3-5-14(8-11)17-15-7-6-12(2)13(9-15)10-16;1-7-2-3-8(5-10)9(4-7)6-11;1-2/h2-8,10-11,20H,9,12H2,1H3;3-9H,1-2H3;2-4,8-9H,1H3;1-2H2. The molecule has 0 saturated carbocycles. The number of aryl methyl sites for hydroxylation is 3. The summed E-state index contributed by atoms with van der Waals surface area (Å²) in [7, 11) is 0. The molecule has 0 aliphatic heterocycles. The molecule has 274 valence electrons. The predicted octanol–water partition coefficient (Wildman–Crippen LogP) is 11.4. The van der Waals surface area contributed by atoms with Crippen molar-refractivity contribution in [3.05, 3.63) is 190 Å². The third-order valence-electron chi connectivity index (χ3n) is 8.96. The summed E-state index contributed by atoms with van der Waals surface area (Å²) in [6, 6.07) is 40.4. The van der Waals surface area contributed by atoms with E-state index in [0.29, 0.717) is 34.4 Å². The Hall–Kier alpha value is -7.68. The van der Waals surface area contributed by atoms with Crippen LogP contribution >= 0.6 is 0 Å². The monoisotopic (exact) mass is 730 g/mol. The predicted molar refractivity (Wildman–Crippen MR) is 219 cm³/mol. The first-order chi connectivity index (χ1) is 27.1. The average Bonchev–Trinajstić information content (AvgIpc) is 3.23. The highest BCUT2D eigenvalue weighted by Gasteiger charge is 2.19. The fourth-order valence-corrected chi connectivity index (χ4v) is 5.88. The number of hydrogen-bond donors (Lipinski definition) is 0. The molecule has 0 spiro atoms. The van der Waals surface area contributed by atoms with Crippen molar-refractivity contribution in [2.45, 2.75) is 46.5 Å². The van der Waals surface area contributed by atoms with Crippen molar-refractivity contribution in [2.75, 3.05) is 0 Å². The first kappa shape index (κ1) is 42.7. The number of rotatable bonds is 5. The van der Waals surface area contributed by atoms with E-state index in [1.807, 2.05) is 101 Å². The quantitative estimate of drug-likeness (QED) is 0.185. The molecule has 4 aromatic rings. The Morgan fingerprint density at radius 3 is 1.91 bits per heavy atom. The number of ether oxygens (including phenoxy) is 1. The summed E-state index contributed by atoms with van der Waals surface area (Å²) in [4.78, 5) is 0. The summed E-state index contributed by atoms with van der Waals surface area (Å²) >= 11 is 0. The van der Waals surface area contributed by atoms with Gasteiger partial charge < -0.3 is 4.74 Å². The highest BCUT2D eigenvalue weighted by atomic mass is 16.5. The van der Waals surface area contributed by atoms with Gasteiger partial charge in [0.05, 0.1) is 58.9 Å². The molecule has 0 bridgehead atoms. The Kier molecular flexibility index (Phi) is 16.6. The zero-order valence-corrected chi connectivity index (χ0v) is 32.1. The Morgan fingerprint density at radius 2 is 1.27 bits per heavy atom. The van der Waals surface area contributed by atoms with Gasteiger partial charge in [-0.15, -0.1) is 13.2 Å². The second kappa shape index (κ2) is 21.8. The fraction of sp³-hybridized carbons (Fsp3) is 0.184. The van der Waals surface area contributed by atoms with E-state index in [-0.39, 0.29) is 17.8 Å². The zero-order chi connectivity index (χ0) is 41.0. The minimum atomic E-state index is -0.260.